The van der Waals surface area contributed by atoms with E-state index in [0.29, 0.717) is 15.8 Å². The molecule has 3 rings (SSSR count). The highest BCUT2D eigenvalue weighted by molar-refractivity contribution is 9.10. The van der Waals surface area contributed by atoms with E-state index in [1.165, 1.54) is 37.4 Å². The van der Waals surface area contributed by atoms with Gasteiger partial charge in [-0.25, -0.2) is 8.42 Å². The van der Waals surface area contributed by atoms with Gasteiger partial charge in [0.15, 0.2) is 4.90 Å². The molecule has 0 atom stereocenters. The maximum atomic E-state index is 12.7. The van der Waals surface area contributed by atoms with Gasteiger partial charge in [0.05, 0.1) is 17.4 Å². The molecule has 118 valence electrons. The number of fused-ring (bicyclic) bond motifs is 1. The van der Waals surface area contributed by atoms with Crippen LogP contribution in [-0.2, 0) is 9.84 Å². The molecule has 2 aromatic carbocycles. The molecule has 1 aromatic heterocycles. The van der Waals surface area contributed by atoms with Crippen LogP contribution in [0.25, 0.3) is 11.0 Å². The van der Waals surface area contributed by atoms with Gasteiger partial charge in [0.1, 0.15) is 17.6 Å². The highest BCUT2D eigenvalue weighted by Crippen LogP contribution is 2.24. The van der Waals surface area contributed by atoms with Crippen molar-refractivity contribution < 1.29 is 17.6 Å². The molecule has 0 amide bonds. The summed E-state index contributed by atoms with van der Waals surface area (Å²) in [7, 11) is -2.49. The topological polar surface area (TPSA) is 73.6 Å². The lowest BCUT2D eigenvalue weighted by Gasteiger charge is -2.06. The van der Waals surface area contributed by atoms with Crippen molar-refractivity contribution in [1.29, 1.82) is 0 Å². The molecule has 5 nitrogen and oxygen atoms in total. The fourth-order valence-electron chi connectivity index (χ4n) is 2.15. The minimum Gasteiger partial charge on any atom is -0.497 e. The summed E-state index contributed by atoms with van der Waals surface area (Å²) in [6, 6.07) is 10.7. The molecule has 7 heteroatoms. The Morgan fingerprint density at radius 3 is 2.43 bits per heavy atom. The van der Waals surface area contributed by atoms with Gasteiger partial charge in [-0.2, -0.15) is 0 Å². The molecule has 3 aromatic rings. The Hall–Kier alpha value is -2.12. The molecular formula is C16H11BrO5S. The Bertz CT molecular complexity index is 1040. The van der Waals surface area contributed by atoms with E-state index >= 15 is 0 Å². The van der Waals surface area contributed by atoms with Crippen molar-refractivity contribution in [2.24, 2.45) is 0 Å². The average molecular weight is 395 g/mol. The fraction of sp³-hybridized carbons (Fsp3) is 0.0625. The molecule has 0 saturated carbocycles. The second-order valence-corrected chi connectivity index (χ2v) is 7.58. The molecule has 0 saturated heterocycles. The van der Waals surface area contributed by atoms with Crippen molar-refractivity contribution in [2.45, 2.75) is 9.79 Å². The van der Waals surface area contributed by atoms with Crippen LogP contribution < -0.4 is 10.2 Å². The van der Waals surface area contributed by atoms with E-state index in [2.05, 4.69) is 15.9 Å². The monoisotopic (exact) mass is 394 g/mol. The second-order valence-electron chi connectivity index (χ2n) is 4.75. The van der Waals surface area contributed by atoms with Crippen molar-refractivity contribution in [1.82, 2.24) is 0 Å². The third kappa shape index (κ3) is 2.77. The highest BCUT2D eigenvalue weighted by Gasteiger charge is 2.23. The SMILES string of the molecule is COc1ccc(S(=O)(=O)c2coc3ccc(Br)cc3c2=O)cc1. The van der Waals surface area contributed by atoms with Crippen LogP contribution in [0.5, 0.6) is 5.75 Å². The van der Waals surface area contributed by atoms with E-state index in [4.69, 9.17) is 9.15 Å². The number of hydrogen-bond donors (Lipinski definition) is 0. The van der Waals surface area contributed by atoms with Crippen LogP contribution in [0.4, 0.5) is 0 Å². The van der Waals surface area contributed by atoms with E-state index in [-0.39, 0.29) is 10.3 Å². The van der Waals surface area contributed by atoms with E-state index in [9.17, 15) is 13.2 Å². The number of ether oxygens (including phenoxy) is 1. The van der Waals surface area contributed by atoms with Gasteiger partial charge in [0.25, 0.3) is 0 Å². The molecule has 0 bridgehead atoms. The molecule has 0 radical (unpaired) electrons. The molecule has 0 fully saturated rings. The zero-order valence-electron chi connectivity index (χ0n) is 11.9. The van der Waals surface area contributed by atoms with E-state index in [1.54, 1.807) is 12.1 Å². The summed E-state index contributed by atoms with van der Waals surface area (Å²) < 4.78 is 36.3. The molecule has 0 aliphatic carbocycles. The Morgan fingerprint density at radius 2 is 1.78 bits per heavy atom. The summed E-state index contributed by atoms with van der Waals surface area (Å²) in [4.78, 5) is 12.1. The first-order valence-corrected chi connectivity index (χ1v) is 8.81. The van der Waals surface area contributed by atoms with Crippen LogP contribution in [0.15, 0.2) is 72.2 Å². The summed E-state index contributed by atoms with van der Waals surface area (Å²) in [6.45, 7) is 0. The van der Waals surface area contributed by atoms with Gasteiger partial charge in [-0.3, -0.25) is 4.79 Å². The number of methoxy groups -OCH3 is 1. The van der Waals surface area contributed by atoms with Crippen molar-refractivity contribution in [3.63, 3.8) is 0 Å². The molecule has 23 heavy (non-hydrogen) atoms. The van der Waals surface area contributed by atoms with Crippen LogP contribution in [0.2, 0.25) is 0 Å². The zero-order valence-corrected chi connectivity index (χ0v) is 14.3. The summed E-state index contributed by atoms with van der Waals surface area (Å²) in [6.07, 6.45) is 0.984. The lowest BCUT2D eigenvalue weighted by molar-refractivity contribution is 0.414. The first-order chi connectivity index (χ1) is 10.9. The molecular weight excluding hydrogens is 384 g/mol. The summed E-state index contributed by atoms with van der Waals surface area (Å²) in [5.41, 5.74) is -0.268. The van der Waals surface area contributed by atoms with Crippen LogP contribution in [-0.4, -0.2) is 15.5 Å². The fourth-order valence-corrected chi connectivity index (χ4v) is 3.79. The molecule has 0 aliphatic heterocycles. The number of hydrogen-bond acceptors (Lipinski definition) is 5. The lowest BCUT2D eigenvalue weighted by Crippen LogP contribution is -2.15. The smallest absolute Gasteiger partial charge is 0.213 e. The Kier molecular flexibility index (Phi) is 3.99. The number of sulfone groups is 1. The van der Waals surface area contributed by atoms with Crippen molar-refractivity contribution in [3.8, 4) is 5.75 Å². The van der Waals surface area contributed by atoms with Gasteiger partial charge >= 0.3 is 0 Å². The van der Waals surface area contributed by atoms with Gasteiger partial charge in [-0.1, -0.05) is 15.9 Å². The maximum absolute atomic E-state index is 12.7. The Morgan fingerprint density at radius 1 is 1.09 bits per heavy atom. The van der Waals surface area contributed by atoms with Gasteiger partial charge < -0.3 is 9.15 Å². The summed E-state index contributed by atoms with van der Waals surface area (Å²) in [5, 5.41) is 0.203. The summed E-state index contributed by atoms with van der Waals surface area (Å²) in [5.74, 6) is 0.526. The third-order valence-electron chi connectivity index (χ3n) is 3.36. The van der Waals surface area contributed by atoms with E-state index in [1.807, 2.05) is 0 Å². The van der Waals surface area contributed by atoms with Crippen molar-refractivity contribution >= 4 is 36.7 Å². The molecule has 0 spiro atoms. The van der Waals surface area contributed by atoms with Gasteiger partial charge in [0, 0.05) is 4.47 Å². The Balaban J connectivity index is 2.21. The first-order valence-electron chi connectivity index (χ1n) is 6.53. The van der Waals surface area contributed by atoms with Gasteiger partial charge in [-0.05, 0) is 42.5 Å². The average Bonchev–Trinajstić information content (AvgIpc) is 2.55. The van der Waals surface area contributed by atoms with Crippen LogP contribution >= 0.6 is 15.9 Å². The van der Waals surface area contributed by atoms with Crippen LogP contribution in [0.1, 0.15) is 0 Å². The minimum atomic E-state index is -3.98. The van der Waals surface area contributed by atoms with Crippen LogP contribution in [0, 0.1) is 0 Å². The van der Waals surface area contributed by atoms with Crippen molar-refractivity contribution in [3.05, 3.63) is 63.4 Å². The van der Waals surface area contributed by atoms with Crippen molar-refractivity contribution in [2.75, 3.05) is 7.11 Å². The van der Waals surface area contributed by atoms with Crippen LogP contribution in [0.3, 0.4) is 0 Å². The normalized spacial score (nSPS) is 11.6. The lowest BCUT2D eigenvalue weighted by atomic mass is 10.2. The standard InChI is InChI=1S/C16H11BrO5S/c1-21-11-3-5-12(6-4-11)23(19,20)15-9-22-14-7-2-10(17)8-13(14)16(15)18/h2-9H,1H3. The first kappa shape index (κ1) is 15.8. The molecule has 0 unspecified atom stereocenters. The number of halogens is 1. The van der Waals surface area contributed by atoms with Gasteiger partial charge in [-0.15, -0.1) is 0 Å². The molecule has 1 heterocycles. The predicted octanol–water partition coefficient (Wildman–Crippen LogP) is 3.40. The summed E-state index contributed by atoms with van der Waals surface area (Å²) >= 11 is 3.26. The minimum absolute atomic E-state index is 0.0000492. The molecule has 0 N–H and O–H groups in total. The molecule has 0 aliphatic rings. The highest BCUT2D eigenvalue weighted by atomic mass is 79.9. The maximum Gasteiger partial charge on any atom is 0.213 e. The predicted molar refractivity (Wildman–Crippen MR) is 88.6 cm³/mol. The van der Waals surface area contributed by atoms with Gasteiger partial charge in [0.2, 0.25) is 15.3 Å². The quantitative estimate of drug-likeness (QED) is 0.680. The number of rotatable bonds is 3. The van der Waals surface area contributed by atoms with E-state index < -0.39 is 20.2 Å². The number of benzene rings is 2. The largest absolute Gasteiger partial charge is 0.497 e. The third-order valence-corrected chi connectivity index (χ3v) is 5.61. The van der Waals surface area contributed by atoms with E-state index in [0.717, 1.165) is 6.26 Å². The zero-order chi connectivity index (χ0) is 16.6. The second kappa shape index (κ2) is 5.82. The Labute approximate surface area is 140 Å².